The number of benzene rings is 2. The number of nitrogens with zero attached hydrogens (tertiary/aromatic N) is 4. The van der Waals surface area contributed by atoms with Crippen molar-refractivity contribution in [3.05, 3.63) is 54.3 Å². The van der Waals surface area contributed by atoms with Crippen molar-refractivity contribution in [2.75, 3.05) is 25.2 Å². The molecule has 1 saturated carbocycles. The van der Waals surface area contributed by atoms with Gasteiger partial charge >= 0.3 is 0 Å². The van der Waals surface area contributed by atoms with Crippen molar-refractivity contribution in [1.29, 1.82) is 0 Å². The van der Waals surface area contributed by atoms with Gasteiger partial charge in [0.1, 0.15) is 5.82 Å². The van der Waals surface area contributed by atoms with Crippen LogP contribution in [0.15, 0.2) is 58.6 Å². The molecule has 0 saturated heterocycles. The summed E-state index contributed by atoms with van der Waals surface area (Å²) in [6.45, 7) is 0. The molecule has 0 bridgehead atoms. The standard InChI is InChI=1S/C24H28FN5O3S2/c1-29(2)35(32,33)19-12-8-9-17(15-19)26-22(31)16-34-24-28-27-23(20-13-6-7-14-21(20)25)30(24)18-10-4-3-5-11-18/h6-9,12-15,18H,3-5,10-11,16H2,1-2H3,(H,26,31). The molecule has 0 unspecified atom stereocenters. The molecular formula is C24H28FN5O3S2. The number of carbonyl (C=O) groups excluding carboxylic acids is 1. The van der Waals surface area contributed by atoms with Gasteiger partial charge in [-0.2, -0.15) is 0 Å². The third kappa shape index (κ3) is 5.74. The Kier molecular flexibility index (Phi) is 7.88. The average molecular weight is 518 g/mol. The Hall–Kier alpha value is -2.76. The highest BCUT2D eigenvalue weighted by Crippen LogP contribution is 2.36. The van der Waals surface area contributed by atoms with Gasteiger partial charge in [0.05, 0.1) is 16.2 Å². The van der Waals surface area contributed by atoms with Gasteiger partial charge in [-0.05, 0) is 43.2 Å². The smallest absolute Gasteiger partial charge is 0.242 e. The molecule has 0 atom stereocenters. The maximum Gasteiger partial charge on any atom is 0.242 e. The fraction of sp³-hybridized carbons (Fsp3) is 0.375. The molecule has 1 fully saturated rings. The topological polar surface area (TPSA) is 97.2 Å². The summed E-state index contributed by atoms with van der Waals surface area (Å²) in [5.74, 6) is -0.148. The van der Waals surface area contributed by atoms with Crippen LogP contribution in [0.4, 0.5) is 10.1 Å². The van der Waals surface area contributed by atoms with Gasteiger partial charge < -0.3 is 5.32 Å². The third-order valence-corrected chi connectivity index (χ3v) is 8.70. The number of anilines is 1. The summed E-state index contributed by atoms with van der Waals surface area (Å²) in [6.07, 6.45) is 5.23. The number of hydrogen-bond donors (Lipinski definition) is 1. The summed E-state index contributed by atoms with van der Waals surface area (Å²) in [5, 5.41) is 11.9. The SMILES string of the molecule is CN(C)S(=O)(=O)c1cccc(NC(=O)CSc2nnc(-c3ccccc3F)n2C2CCCCC2)c1. The zero-order chi connectivity index (χ0) is 25.0. The third-order valence-electron chi connectivity index (χ3n) is 5.95. The maximum absolute atomic E-state index is 14.6. The lowest BCUT2D eigenvalue weighted by atomic mass is 9.95. The number of aromatic nitrogens is 3. The molecule has 4 rings (SSSR count). The minimum Gasteiger partial charge on any atom is -0.325 e. The summed E-state index contributed by atoms with van der Waals surface area (Å²) in [4.78, 5) is 12.8. The zero-order valence-corrected chi connectivity index (χ0v) is 21.3. The van der Waals surface area contributed by atoms with Crippen molar-refractivity contribution >= 4 is 33.4 Å². The molecule has 0 radical (unpaired) electrons. The molecular weight excluding hydrogens is 489 g/mol. The van der Waals surface area contributed by atoms with E-state index in [4.69, 9.17) is 0 Å². The molecule has 0 spiro atoms. The summed E-state index contributed by atoms with van der Waals surface area (Å²) < 4.78 is 42.4. The molecule has 8 nitrogen and oxygen atoms in total. The minimum absolute atomic E-state index is 0.0484. The van der Waals surface area contributed by atoms with Crippen molar-refractivity contribution in [1.82, 2.24) is 19.1 Å². The first kappa shape index (κ1) is 25.3. The van der Waals surface area contributed by atoms with Crippen molar-refractivity contribution < 1.29 is 17.6 Å². The Balaban J connectivity index is 1.52. The Morgan fingerprint density at radius 3 is 2.57 bits per heavy atom. The van der Waals surface area contributed by atoms with Crippen molar-refractivity contribution in [2.24, 2.45) is 0 Å². The minimum atomic E-state index is -3.61. The van der Waals surface area contributed by atoms with Crippen LogP contribution in [-0.2, 0) is 14.8 Å². The second-order valence-corrected chi connectivity index (χ2v) is 11.7. The van der Waals surface area contributed by atoms with E-state index in [1.54, 1.807) is 30.3 Å². The van der Waals surface area contributed by atoms with Crippen molar-refractivity contribution in [2.45, 2.75) is 48.2 Å². The number of hydrogen-bond acceptors (Lipinski definition) is 6. The molecule has 0 aliphatic heterocycles. The Morgan fingerprint density at radius 1 is 1.11 bits per heavy atom. The van der Waals surface area contributed by atoms with E-state index in [0.29, 0.717) is 22.2 Å². The number of nitrogens with one attached hydrogen (secondary N) is 1. The first-order valence-corrected chi connectivity index (χ1v) is 13.8. The fourth-order valence-corrected chi connectivity index (χ4v) is 5.90. The molecule has 1 aliphatic carbocycles. The highest BCUT2D eigenvalue weighted by Gasteiger charge is 2.25. The number of carbonyl (C=O) groups is 1. The molecule has 186 valence electrons. The molecule has 1 amide bonds. The number of rotatable bonds is 8. The quantitative estimate of drug-likeness (QED) is 0.440. The summed E-state index contributed by atoms with van der Waals surface area (Å²) >= 11 is 1.23. The summed E-state index contributed by atoms with van der Waals surface area (Å²) in [7, 11) is -0.704. The highest BCUT2D eigenvalue weighted by atomic mass is 32.2. The van der Waals surface area contributed by atoms with Crippen LogP contribution in [0.1, 0.15) is 38.1 Å². The molecule has 1 N–H and O–H groups in total. The Morgan fingerprint density at radius 2 is 1.86 bits per heavy atom. The van der Waals surface area contributed by atoms with Crippen LogP contribution in [0.2, 0.25) is 0 Å². The van der Waals surface area contributed by atoms with Crippen LogP contribution < -0.4 is 5.32 Å². The second-order valence-electron chi connectivity index (χ2n) is 8.60. The molecule has 1 heterocycles. The molecule has 1 aromatic heterocycles. The van der Waals surface area contributed by atoms with Crippen LogP contribution in [0, 0.1) is 5.82 Å². The molecule has 11 heteroatoms. The van der Waals surface area contributed by atoms with Gasteiger partial charge in [-0.3, -0.25) is 9.36 Å². The largest absolute Gasteiger partial charge is 0.325 e. The Labute approximate surface area is 209 Å². The van der Waals surface area contributed by atoms with Crippen LogP contribution in [0.3, 0.4) is 0 Å². The normalized spacial score (nSPS) is 14.9. The predicted octanol–water partition coefficient (Wildman–Crippen LogP) is 4.57. The van der Waals surface area contributed by atoms with Gasteiger partial charge in [0.25, 0.3) is 0 Å². The lowest BCUT2D eigenvalue weighted by Crippen LogP contribution is -2.22. The van der Waals surface area contributed by atoms with Crippen LogP contribution in [0.5, 0.6) is 0 Å². The Bertz CT molecular complexity index is 1300. The van der Waals surface area contributed by atoms with E-state index in [2.05, 4.69) is 15.5 Å². The van der Waals surface area contributed by atoms with E-state index < -0.39 is 10.0 Å². The maximum atomic E-state index is 14.6. The van der Waals surface area contributed by atoms with Gasteiger partial charge in [-0.15, -0.1) is 10.2 Å². The van der Waals surface area contributed by atoms with Gasteiger partial charge in [0, 0.05) is 25.8 Å². The lowest BCUT2D eigenvalue weighted by molar-refractivity contribution is -0.113. The van der Waals surface area contributed by atoms with E-state index in [1.165, 1.54) is 50.5 Å². The van der Waals surface area contributed by atoms with Crippen LogP contribution >= 0.6 is 11.8 Å². The first-order valence-electron chi connectivity index (χ1n) is 11.4. The molecule has 3 aromatic rings. The van der Waals surface area contributed by atoms with Gasteiger partial charge in [0.2, 0.25) is 15.9 Å². The monoisotopic (exact) mass is 517 g/mol. The average Bonchev–Trinajstić information content (AvgIpc) is 3.27. The van der Waals surface area contributed by atoms with Crippen molar-refractivity contribution in [3.8, 4) is 11.4 Å². The number of thioether (sulfide) groups is 1. The van der Waals surface area contributed by atoms with E-state index >= 15 is 0 Å². The fourth-order valence-electron chi connectivity index (χ4n) is 4.14. The van der Waals surface area contributed by atoms with E-state index in [-0.39, 0.29) is 28.4 Å². The van der Waals surface area contributed by atoms with E-state index in [1.807, 2.05) is 4.57 Å². The highest BCUT2D eigenvalue weighted by molar-refractivity contribution is 7.99. The molecule has 1 aliphatic rings. The van der Waals surface area contributed by atoms with Crippen LogP contribution in [-0.4, -0.2) is 53.2 Å². The number of amides is 1. The predicted molar refractivity (Wildman–Crippen MR) is 134 cm³/mol. The van der Waals surface area contributed by atoms with Crippen molar-refractivity contribution in [3.63, 3.8) is 0 Å². The summed E-state index contributed by atoms with van der Waals surface area (Å²) in [6, 6.07) is 12.8. The number of sulfonamides is 1. The molecule has 2 aromatic carbocycles. The number of halogens is 1. The second kappa shape index (κ2) is 10.9. The van der Waals surface area contributed by atoms with E-state index in [9.17, 15) is 17.6 Å². The molecule has 35 heavy (non-hydrogen) atoms. The summed E-state index contributed by atoms with van der Waals surface area (Å²) in [5.41, 5.74) is 0.778. The van der Waals surface area contributed by atoms with Crippen LogP contribution in [0.25, 0.3) is 11.4 Å². The van der Waals surface area contributed by atoms with E-state index in [0.717, 1.165) is 30.0 Å². The first-order chi connectivity index (χ1) is 16.8. The lowest BCUT2D eigenvalue weighted by Gasteiger charge is -2.25. The van der Waals surface area contributed by atoms with Gasteiger partial charge in [0.15, 0.2) is 11.0 Å². The van der Waals surface area contributed by atoms with Gasteiger partial charge in [-0.25, -0.2) is 17.1 Å². The van der Waals surface area contributed by atoms with Gasteiger partial charge in [-0.1, -0.05) is 49.2 Å². The zero-order valence-electron chi connectivity index (χ0n) is 19.6.